The lowest BCUT2D eigenvalue weighted by atomic mass is 9.80. The van der Waals surface area contributed by atoms with Gasteiger partial charge >= 0.3 is 0 Å². The minimum atomic E-state index is 0.743. The lowest BCUT2D eigenvalue weighted by molar-refractivity contribution is 0.0633. The van der Waals surface area contributed by atoms with Gasteiger partial charge in [-0.2, -0.15) is 0 Å². The van der Waals surface area contributed by atoms with Gasteiger partial charge < -0.3 is 10.6 Å². The molecule has 0 aromatic rings. The van der Waals surface area contributed by atoms with Crippen LogP contribution in [-0.4, -0.2) is 30.6 Å². The van der Waals surface area contributed by atoms with E-state index in [4.69, 9.17) is 5.73 Å². The number of nitrogens with two attached hydrogens (primary N) is 1. The Kier molecular flexibility index (Phi) is 5.50. The van der Waals surface area contributed by atoms with Crippen molar-refractivity contribution in [1.82, 2.24) is 4.90 Å². The highest BCUT2D eigenvalue weighted by Crippen LogP contribution is 2.33. The second-order valence-corrected chi connectivity index (χ2v) is 6.72. The molecule has 1 heterocycles. The molecule has 0 aromatic heterocycles. The van der Waals surface area contributed by atoms with Crippen LogP contribution >= 0.6 is 0 Å². The van der Waals surface area contributed by atoms with E-state index < -0.39 is 0 Å². The van der Waals surface area contributed by atoms with E-state index in [9.17, 15) is 0 Å². The van der Waals surface area contributed by atoms with Gasteiger partial charge in [0.15, 0.2) is 0 Å². The first-order chi connectivity index (χ1) is 8.74. The van der Waals surface area contributed by atoms with Gasteiger partial charge in [0.1, 0.15) is 0 Å². The summed E-state index contributed by atoms with van der Waals surface area (Å²) in [4.78, 5) is 2.76. The first-order valence-corrected chi connectivity index (χ1v) is 8.18. The van der Waals surface area contributed by atoms with Crippen LogP contribution in [0.5, 0.6) is 0 Å². The van der Waals surface area contributed by atoms with Crippen LogP contribution in [0.4, 0.5) is 0 Å². The van der Waals surface area contributed by atoms with Gasteiger partial charge in [-0.1, -0.05) is 26.7 Å². The number of rotatable bonds is 4. The van der Waals surface area contributed by atoms with E-state index >= 15 is 0 Å². The summed E-state index contributed by atoms with van der Waals surface area (Å²) in [6.07, 6.45) is 10.0. The first-order valence-electron chi connectivity index (χ1n) is 8.18. The number of likely N-dealkylation sites (tertiary alicyclic amines) is 1. The SMILES string of the molecule is CCCC1CCC(N2CCC(C)C(CN)C2)CC1. The lowest BCUT2D eigenvalue weighted by Crippen LogP contribution is -2.48. The molecule has 2 nitrogen and oxygen atoms in total. The van der Waals surface area contributed by atoms with E-state index in [1.165, 1.54) is 58.0 Å². The molecule has 2 rings (SSSR count). The molecule has 1 saturated heterocycles. The third-order valence-electron chi connectivity index (χ3n) is 5.48. The summed E-state index contributed by atoms with van der Waals surface area (Å²) in [6, 6.07) is 0.875. The van der Waals surface area contributed by atoms with E-state index in [2.05, 4.69) is 18.7 Å². The zero-order valence-electron chi connectivity index (χ0n) is 12.4. The molecule has 0 bridgehead atoms. The molecular weight excluding hydrogens is 220 g/mol. The fraction of sp³-hybridized carbons (Fsp3) is 1.00. The van der Waals surface area contributed by atoms with E-state index in [1.54, 1.807) is 0 Å². The van der Waals surface area contributed by atoms with Gasteiger partial charge in [0, 0.05) is 12.6 Å². The van der Waals surface area contributed by atoms with Gasteiger partial charge in [0.25, 0.3) is 0 Å². The van der Waals surface area contributed by atoms with Crippen molar-refractivity contribution in [3.63, 3.8) is 0 Å². The van der Waals surface area contributed by atoms with Crippen molar-refractivity contribution < 1.29 is 0 Å². The van der Waals surface area contributed by atoms with Gasteiger partial charge in [0.05, 0.1) is 0 Å². The van der Waals surface area contributed by atoms with Crippen LogP contribution in [0.3, 0.4) is 0 Å². The highest BCUT2D eigenvalue weighted by atomic mass is 15.2. The molecule has 106 valence electrons. The number of nitrogens with zero attached hydrogens (tertiary/aromatic N) is 1. The minimum absolute atomic E-state index is 0.743. The van der Waals surface area contributed by atoms with Crippen LogP contribution in [-0.2, 0) is 0 Å². The third kappa shape index (κ3) is 3.48. The average Bonchev–Trinajstić information content (AvgIpc) is 2.41. The van der Waals surface area contributed by atoms with Crippen LogP contribution in [0, 0.1) is 17.8 Å². The molecule has 0 amide bonds. The second kappa shape index (κ2) is 6.91. The summed E-state index contributed by atoms with van der Waals surface area (Å²) in [5.41, 5.74) is 5.92. The Morgan fingerprint density at radius 1 is 1.11 bits per heavy atom. The Bertz CT molecular complexity index is 233. The standard InChI is InChI=1S/C16H32N2/c1-3-4-14-5-7-16(8-6-14)18-10-9-13(2)15(11-17)12-18/h13-16H,3-12,17H2,1-2H3. The second-order valence-electron chi connectivity index (χ2n) is 6.72. The van der Waals surface area contributed by atoms with E-state index in [1.807, 2.05) is 0 Å². The van der Waals surface area contributed by atoms with Crippen molar-refractivity contribution in [1.29, 1.82) is 0 Å². The molecule has 0 radical (unpaired) electrons. The molecule has 1 aliphatic heterocycles. The van der Waals surface area contributed by atoms with Gasteiger partial charge in [-0.25, -0.2) is 0 Å². The van der Waals surface area contributed by atoms with Crippen LogP contribution in [0.1, 0.15) is 58.8 Å². The van der Waals surface area contributed by atoms with E-state index in [-0.39, 0.29) is 0 Å². The maximum atomic E-state index is 5.92. The van der Waals surface area contributed by atoms with Gasteiger partial charge in [-0.3, -0.25) is 0 Å². The first kappa shape index (κ1) is 14.3. The van der Waals surface area contributed by atoms with E-state index in [0.717, 1.165) is 30.3 Å². The topological polar surface area (TPSA) is 29.3 Å². The minimum Gasteiger partial charge on any atom is -0.330 e. The molecule has 0 aromatic carbocycles. The molecule has 2 heteroatoms. The Hall–Kier alpha value is -0.0800. The van der Waals surface area contributed by atoms with Crippen LogP contribution in [0.2, 0.25) is 0 Å². The van der Waals surface area contributed by atoms with Gasteiger partial charge in [0.2, 0.25) is 0 Å². The number of piperidine rings is 1. The van der Waals surface area contributed by atoms with Crippen molar-refractivity contribution in [2.24, 2.45) is 23.5 Å². The summed E-state index contributed by atoms with van der Waals surface area (Å²) in [6.45, 7) is 8.17. The lowest BCUT2D eigenvalue weighted by Gasteiger charge is -2.43. The normalized spacial score (nSPS) is 38.8. The monoisotopic (exact) mass is 252 g/mol. The zero-order chi connectivity index (χ0) is 13.0. The summed E-state index contributed by atoms with van der Waals surface area (Å²) in [7, 11) is 0. The quantitative estimate of drug-likeness (QED) is 0.832. The van der Waals surface area contributed by atoms with Crippen molar-refractivity contribution in [3.8, 4) is 0 Å². The summed E-state index contributed by atoms with van der Waals surface area (Å²) < 4.78 is 0. The fourth-order valence-corrected chi connectivity index (χ4v) is 4.02. The van der Waals surface area contributed by atoms with E-state index in [0.29, 0.717) is 0 Å². The zero-order valence-corrected chi connectivity index (χ0v) is 12.4. The molecule has 1 saturated carbocycles. The maximum Gasteiger partial charge on any atom is 0.00955 e. The molecule has 2 atom stereocenters. The van der Waals surface area contributed by atoms with Crippen LogP contribution < -0.4 is 5.73 Å². The van der Waals surface area contributed by atoms with Crippen molar-refractivity contribution in [2.75, 3.05) is 19.6 Å². The molecular formula is C16H32N2. The molecule has 18 heavy (non-hydrogen) atoms. The Morgan fingerprint density at radius 2 is 1.83 bits per heavy atom. The maximum absolute atomic E-state index is 5.92. The molecule has 2 N–H and O–H groups in total. The predicted molar refractivity (Wildman–Crippen MR) is 78.6 cm³/mol. The largest absolute Gasteiger partial charge is 0.330 e. The highest BCUT2D eigenvalue weighted by molar-refractivity contribution is 4.85. The average molecular weight is 252 g/mol. The molecule has 2 fully saturated rings. The summed E-state index contributed by atoms with van der Waals surface area (Å²) in [5, 5.41) is 0. The van der Waals surface area contributed by atoms with Crippen molar-refractivity contribution in [3.05, 3.63) is 0 Å². The fourth-order valence-electron chi connectivity index (χ4n) is 4.02. The van der Waals surface area contributed by atoms with Crippen LogP contribution in [0.25, 0.3) is 0 Å². The molecule has 2 aliphatic rings. The Labute approximate surface area is 113 Å². The smallest absolute Gasteiger partial charge is 0.00955 e. The number of hydrogen-bond donors (Lipinski definition) is 1. The van der Waals surface area contributed by atoms with Gasteiger partial charge in [-0.15, -0.1) is 0 Å². The van der Waals surface area contributed by atoms with Crippen molar-refractivity contribution >= 4 is 0 Å². The van der Waals surface area contributed by atoms with Crippen LogP contribution in [0.15, 0.2) is 0 Å². The Morgan fingerprint density at radius 3 is 2.44 bits per heavy atom. The Balaban J connectivity index is 1.79. The molecule has 0 spiro atoms. The number of hydrogen-bond acceptors (Lipinski definition) is 2. The van der Waals surface area contributed by atoms with Gasteiger partial charge in [-0.05, 0) is 62.9 Å². The summed E-state index contributed by atoms with van der Waals surface area (Å²) >= 11 is 0. The third-order valence-corrected chi connectivity index (χ3v) is 5.48. The summed E-state index contributed by atoms with van der Waals surface area (Å²) in [5.74, 6) is 2.61. The molecule has 2 unspecified atom stereocenters. The highest BCUT2D eigenvalue weighted by Gasteiger charge is 2.31. The predicted octanol–water partition coefficient (Wildman–Crippen LogP) is 3.26. The molecule has 1 aliphatic carbocycles. The van der Waals surface area contributed by atoms with Crippen molar-refractivity contribution in [2.45, 2.75) is 64.8 Å².